The number of nitrogens with one attached hydrogen (secondary N) is 1. The quantitative estimate of drug-likeness (QED) is 0.737. The Morgan fingerprint density at radius 1 is 1.04 bits per heavy atom. The van der Waals surface area contributed by atoms with Gasteiger partial charge in [0.2, 0.25) is 5.91 Å². The largest absolute Gasteiger partial charge is 0.444 e. The van der Waals surface area contributed by atoms with E-state index in [9.17, 15) is 14.4 Å². The molecule has 1 heterocycles. The molecule has 3 rings (SSSR count). The first-order chi connectivity index (χ1) is 13.5. The number of benzene rings is 2. The second kappa shape index (κ2) is 8.77. The van der Waals surface area contributed by atoms with Gasteiger partial charge in [-0.2, -0.15) is 0 Å². The van der Waals surface area contributed by atoms with Gasteiger partial charge in [0.25, 0.3) is 5.56 Å². The molecule has 3 aromatic rings. The molecular weight excluding hydrogens is 358 g/mol. The van der Waals surface area contributed by atoms with Gasteiger partial charge in [-0.15, -0.1) is 0 Å². The van der Waals surface area contributed by atoms with Crippen molar-refractivity contribution in [3.63, 3.8) is 0 Å². The number of aromatic nitrogens is 2. The van der Waals surface area contributed by atoms with Crippen LogP contribution in [0.2, 0.25) is 0 Å². The smallest absolute Gasteiger partial charge is 0.412 e. The predicted molar refractivity (Wildman–Crippen MR) is 104 cm³/mol. The molecule has 7 nitrogen and oxygen atoms in total. The van der Waals surface area contributed by atoms with Gasteiger partial charge in [-0.3, -0.25) is 14.9 Å². The zero-order chi connectivity index (χ0) is 19.9. The first-order valence-corrected chi connectivity index (χ1v) is 8.66. The number of amides is 1. The Morgan fingerprint density at radius 2 is 1.75 bits per heavy atom. The molecule has 0 unspecified atom stereocenters. The Kier molecular flexibility index (Phi) is 5.96. The third kappa shape index (κ3) is 4.91. The molecule has 1 aromatic heterocycles. The van der Waals surface area contributed by atoms with Gasteiger partial charge in [0.15, 0.2) is 0 Å². The lowest BCUT2D eigenvalue weighted by Crippen LogP contribution is -2.31. The Balaban J connectivity index is 1.66. The van der Waals surface area contributed by atoms with E-state index in [1.165, 1.54) is 6.20 Å². The van der Waals surface area contributed by atoms with Crippen LogP contribution in [-0.4, -0.2) is 21.6 Å². The van der Waals surface area contributed by atoms with Crippen molar-refractivity contribution in [2.75, 3.05) is 5.32 Å². The molecule has 2 aromatic carbocycles. The highest BCUT2D eigenvalue weighted by Gasteiger charge is 2.14. The monoisotopic (exact) mass is 377 g/mol. The second-order valence-corrected chi connectivity index (χ2v) is 6.23. The van der Waals surface area contributed by atoms with E-state index in [1.807, 2.05) is 61.5 Å². The lowest BCUT2D eigenvalue weighted by Gasteiger charge is -2.09. The van der Waals surface area contributed by atoms with E-state index in [4.69, 9.17) is 4.74 Å². The molecule has 0 aliphatic heterocycles. The zero-order valence-electron chi connectivity index (χ0n) is 15.3. The minimum atomic E-state index is -0.800. The molecule has 0 atom stereocenters. The molecule has 142 valence electrons. The number of carbonyl (C=O) groups excluding carboxylic acids is 2. The van der Waals surface area contributed by atoms with Gasteiger partial charge in [0.1, 0.15) is 18.6 Å². The summed E-state index contributed by atoms with van der Waals surface area (Å²) < 4.78 is 5.96. The van der Waals surface area contributed by atoms with E-state index in [-0.39, 0.29) is 18.7 Å². The molecule has 1 N–H and O–H groups in total. The van der Waals surface area contributed by atoms with Gasteiger partial charge in [-0.05, 0) is 18.1 Å². The number of carbonyl (C=O) groups is 2. The van der Waals surface area contributed by atoms with Gasteiger partial charge in [0, 0.05) is 0 Å². The van der Waals surface area contributed by atoms with E-state index in [0.717, 1.165) is 27.6 Å². The molecular formula is C21H19N3O4. The molecule has 0 aliphatic rings. The average Bonchev–Trinajstić information content (AvgIpc) is 2.70. The maximum Gasteiger partial charge on any atom is 0.412 e. The Hall–Kier alpha value is -3.74. The number of aryl methyl sites for hydroxylation is 1. The van der Waals surface area contributed by atoms with Gasteiger partial charge in [-0.1, -0.05) is 60.2 Å². The van der Waals surface area contributed by atoms with Crippen LogP contribution in [-0.2, 0) is 17.8 Å². The topological polar surface area (TPSA) is 90.3 Å². The lowest BCUT2D eigenvalue weighted by atomic mass is 10.1. The number of rotatable bonds is 5. The van der Waals surface area contributed by atoms with E-state index in [0.29, 0.717) is 0 Å². The fourth-order valence-electron chi connectivity index (χ4n) is 2.51. The van der Waals surface area contributed by atoms with Crippen LogP contribution in [0.4, 0.5) is 10.5 Å². The molecule has 0 aliphatic carbocycles. The first kappa shape index (κ1) is 19.0. The van der Waals surface area contributed by atoms with Crippen LogP contribution in [0.1, 0.15) is 21.5 Å². The fraction of sp³-hybridized carbons (Fsp3) is 0.143. The molecule has 0 radical (unpaired) electrons. The Labute approximate surface area is 161 Å². The number of nitrogens with zero attached hydrogens (tertiary/aromatic N) is 2. The van der Waals surface area contributed by atoms with Crippen LogP contribution >= 0.6 is 0 Å². The van der Waals surface area contributed by atoms with Crippen molar-refractivity contribution in [1.29, 1.82) is 0 Å². The maximum absolute atomic E-state index is 12.5. The van der Waals surface area contributed by atoms with Crippen molar-refractivity contribution in [3.05, 3.63) is 94.2 Å². The van der Waals surface area contributed by atoms with Gasteiger partial charge >= 0.3 is 6.09 Å². The zero-order valence-corrected chi connectivity index (χ0v) is 15.3. The highest BCUT2D eigenvalue weighted by Crippen LogP contribution is 2.06. The summed E-state index contributed by atoms with van der Waals surface area (Å²) in [6.45, 7) is 2.01. The van der Waals surface area contributed by atoms with Crippen LogP contribution in [0, 0.1) is 6.92 Å². The van der Waals surface area contributed by atoms with Crippen LogP contribution in [0.5, 0.6) is 0 Å². The summed E-state index contributed by atoms with van der Waals surface area (Å²) in [5.41, 5.74) is 1.88. The average molecular weight is 377 g/mol. The van der Waals surface area contributed by atoms with Gasteiger partial charge < -0.3 is 4.74 Å². The first-order valence-electron chi connectivity index (χ1n) is 8.66. The Morgan fingerprint density at radius 3 is 2.46 bits per heavy atom. The van der Waals surface area contributed by atoms with Crippen molar-refractivity contribution in [2.45, 2.75) is 20.0 Å². The van der Waals surface area contributed by atoms with Crippen LogP contribution < -0.4 is 10.9 Å². The normalized spacial score (nSPS) is 10.3. The SMILES string of the molecule is Cc1ccc(CC(=O)n2cncc(NC(=O)OCc3ccccc3)c2=O)cc1. The highest BCUT2D eigenvalue weighted by atomic mass is 16.5. The predicted octanol–water partition coefficient (Wildman–Crippen LogP) is 3.18. The molecule has 0 saturated carbocycles. The molecule has 0 fully saturated rings. The lowest BCUT2D eigenvalue weighted by molar-refractivity contribution is 0.0908. The highest BCUT2D eigenvalue weighted by molar-refractivity contribution is 5.85. The summed E-state index contributed by atoms with van der Waals surface area (Å²) in [6, 6.07) is 16.6. The van der Waals surface area contributed by atoms with Crippen molar-refractivity contribution in [3.8, 4) is 0 Å². The Bertz CT molecular complexity index is 1030. The van der Waals surface area contributed by atoms with Gasteiger partial charge in [0.05, 0.1) is 12.6 Å². The summed E-state index contributed by atoms with van der Waals surface area (Å²) in [7, 11) is 0. The molecule has 0 saturated heterocycles. The number of ether oxygens (including phenoxy) is 1. The summed E-state index contributed by atoms with van der Waals surface area (Å²) >= 11 is 0. The van der Waals surface area contributed by atoms with Crippen molar-refractivity contribution in [2.24, 2.45) is 0 Å². The summed E-state index contributed by atoms with van der Waals surface area (Å²) in [5.74, 6) is -0.442. The number of hydrogen-bond acceptors (Lipinski definition) is 5. The van der Waals surface area contributed by atoms with Crippen molar-refractivity contribution < 1.29 is 14.3 Å². The van der Waals surface area contributed by atoms with Gasteiger partial charge in [-0.25, -0.2) is 14.3 Å². The van der Waals surface area contributed by atoms with E-state index < -0.39 is 17.6 Å². The van der Waals surface area contributed by atoms with E-state index in [1.54, 1.807) is 0 Å². The summed E-state index contributed by atoms with van der Waals surface area (Å²) in [5, 5.41) is 2.34. The molecule has 0 spiro atoms. The standard InChI is InChI=1S/C21H19N3O4/c1-15-7-9-16(10-8-15)11-19(25)24-14-22-12-18(20(24)26)23-21(27)28-13-17-5-3-2-4-6-17/h2-10,12,14H,11,13H2,1H3,(H,23,27). The summed E-state index contributed by atoms with van der Waals surface area (Å²) in [6.07, 6.45) is 1.57. The maximum atomic E-state index is 12.5. The van der Waals surface area contributed by atoms with Crippen LogP contribution in [0.25, 0.3) is 0 Å². The van der Waals surface area contributed by atoms with Crippen molar-refractivity contribution in [1.82, 2.24) is 9.55 Å². The molecule has 0 bridgehead atoms. The van der Waals surface area contributed by atoms with Crippen LogP contribution in [0.3, 0.4) is 0 Å². The third-order valence-electron chi connectivity index (χ3n) is 4.03. The minimum Gasteiger partial charge on any atom is -0.444 e. The van der Waals surface area contributed by atoms with E-state index in [2.05, 4.69) is 10.3 Å². The summed E-state index contributed by atoms with van der Waals surface area (Å²) in [4.78, 5) is 40.8. The molecule has 7 heteroatoms. The van der Waals surface area contributed by atoms with E-state index >= 15 is 0 Å². The van der Waals surface area contributed by atoms with Crippen molar-refractivity contribution >= 4 is 17.7 Å². The second-order valence-electron chi connectivity index (χ2n) is 6.23. The number of anilines is 1. The van der Waals surface area contributed by atoms with Crippen LogP contribution in [0.15, 0.2) is 71.9 Å². The third-order valence-corrected chi connectivity index (χ3v) is 4.03. The minimum absolute atomic E-state index is 0.0454. The number of hydrogen-bond donors (Lipinski definition) is 1. The molecule has 1 amide bonds. The fourth-order valence-corrected chi connectivity index (χ4v) is 2.51. The molecule has 28 heavy (non-hydrogen) atoms.